The van der Waals surface area contributed by atoms with E-state index < -0.39 is 0 Å². The smallest absolute Gasteiger partial charge is 0.00231 e. The Hall–Kier alpha value is -0.0800. The van der Waals surface area contributed by atoms with Gasteiger partial charge < -0.3 is 10.6 Å². The fourth-order valence-electron chi connectivity index (χ4n) is 1.05. The average Bonchev–Trinajstić information content (AvgIpc) is 1.89. The SMILES string of the molecule is CNCC(C)C(C)CNC. The highest BCUT2D eigenvalue weighted by atomic mass is 14.8. The Labute approximate surface area is 64.4 Å². The molecule has 0 fully saturated rings. The molecule has 0 aliphatic rings. The maximum Gasteiger partial charge on any atom is -0.00231 e. The average molecular weight is 144 g/mol. The fraction of sp³-hybridized carbons (Fsp3) is 1.00. The van der Waals surface area contributed by atoms with Crippen molar-refractivity contribution in [1.82, 2.24) is 10.6 Å². The number of rotatable bonds is 5. The molecule has 0 rings (SSSR count). The molecule has 2 nitrogen and oxygen atoms in total. The summed E-state index contributed by atoms with van der Waals surface area (Å²) in [6.07, 6.45) is 0. The molecule has 0 spiro atoms. The van der Waals surface area contributed by atoms with E-state index in [1.165, 1.54) is 0 Å². The van der Waals surface area contributed by atoms with Crippen LogP contribution in [-0.4, -0.2) is 27.2 Å². The second kappa shape index (κ2) is 5.69. The third kappa shape index (κ3) is 3.85. The lowest BCUT2D eigenvalue weighted by Crippen LogP contribution is -2.28. The summed E-state index contributed by atoms with van der Waals surface area (Å²) in [6.45, 7) is 6.78. The monoisotopic (exact) mass is 144 g/mol. The molecule has 0 aliphatic heterocycles. The summed E-state index contributed by atoms with van der Waals surface area (Å²) in [7, 11) is 4.01. The lowest BCUT2D eigenvalue weighted by atomic mass is 9.96. The predicted octanol–water partition coefficient (Wildman–Crippen LogP) is 0.697. The van der Waals surface area contributed by atoms with Crippen molar-refractivity contribution in [2.45, 2.75) is 13.8 Å². The van der Waals surface area contributed by atoms with Crippen molar-refractivity contribution in [3.63, 3.8) is 0 Å². The van der Waals surface area contributed by atoms with Gasteiger partial charge >= 0.3 is 0 Å². The van der Waals surface area contributed by atoms with E-state index in [1.54, 1.807) is 0 Å². The molecule has 2 heteroatoms. The Morgan fingerprint density at radius 3 is 1.40 bits per heavy atom. The second-order valence-electron chi connectivity index (χ2n) is 3.07. The largest absolute Gasteiger partial charge is 0.319 e. The summed E-state index contributed by atoms with van der Waals surface area (Å²) in [5.74, 6) is 1.52. The number of hydrogen-bond donors (Lipinski definition) is 2. The summed E-state index contributed by atoms with van der Waals surface area (Å²) in [5.41, 5.74) is 0. The van der Waals surface area contributed by atoms with E-state index >= 15 is 0 Å². The van der Waals surface area contributed by atoms with Crippen LogP contribution in [0.1, 0.15) is 13.8 Å². The minimum atomic E-state index is 0.762. The quantitative estimate of drug-likeness (QED) is 0.593. The number of nitrogens with one attached hydrogen (secondary N) is 2. The molecule has 0 saturated carbocycles. The van der Waals surface area contributed by atoms with Gasteiger partial charge in [0.25, 0.3) is 0 Å². The van der Waals surface area contributed by atoms with Crippen molar-refractivity contribution in [3.8, 4) is 0 Å². The second-order valence-corrected chi connectivity index (χ2v) is 3.07. The minimum absolute atomic E-state index is 0.762. The molecule has 10 heavy (non-hydrogen) atoms. The third-order valence-corrected chi connectivity index (χ3v) is 2.02. The molecule has 2 atom stereocenters. The maximum absolute atomic E-state index is 3.18. The van der Waals surface area contributed by atoms with E-state index in [0.717, 1.165) is 24.9 Å². The van der Waals surface area contributed by atoms with Gasteiger partial charge in [-0.3, -0.25) is 0 Å². The van der Waals surface area contributed by atoms with E-state index in [2.05, 4.69) is 24.5 Å². The van der Waals surface area contributed by atoms with Gasteiger partial charge in [-0.1, -0.05) is 13.8 Å². The standard InChI is InChI=1S/C8H20N2/c1-7(5-9-3)8(2)6-10-4/h7-10H,5-6H2,1-4H3. The Morgan fingerprint density at radius 1 is 0.900 bits per heavy atom. The van der Waals surface area contributed by atoms with Crippen LogP contribution in [0.5, 0.6) is 0 Å². The summed E-state index contributed by atoms with van der Waals surface area (Å²) >= 11 is 0. The highest BCUT2D eigenvalue weighted by Crippen LogP contribution is 2.07. The van der Waals surface area contributed by atoms with E-state index in [0.29, 0.717) is 0 Å². The van der Waals surface area contributed by atoms with Crippen LogP contribution >= 0.6 is 0 Å². The summed E-state index contributed by atoms with van der Waals surface area (Å²) in [6, 6.07) is 0. The zero-order chi connectivity index (χ0) is 7.98. The molecule has 0 aromatic rings. The minimum Gasteiger partial charge on any atom is -0.319 e. The molecule has 0 aromatic carbocycles. The highest BCUT2D eigenvalue weighted by Gasteiger charge is 2.08. The van der Waals surface area contributed by atoms with Gasteiger partial charge in [-0.15, -0.1) is 0 Å². The van der Waals surface area contributed by atoms with E-state index in [-0.39, 0.29) is 0 Å². The first-order valence-electron chi connectivity index (χ1n) is 4.01. The van der Waals surface area contributed by atoms with Gasteiger partial charge in [0.05, 0.1) is 0 Å². The molecule has 62 valence electrons. The van der Waals surface area contributed by atoms with Gasteiger partial charge in [0.15, 0.2) is 0 Å². The Kier molecular flexibility index (Phi) is 5.64. The molecule has 2 unspecified atom stereocenters. The Bertz CT molecular complexity index is 63.7. The van der Waals surface area contributed by atoms with Crippen LogP contribution in [0.15, 0.2) is 0 Å². The van der Waals surface area contributed by atoms with E-state index in [1.807, 2.05) is 14.1 Å². The van der Waals surface area contributed by atoms with Crippen molar-refractivity contribution in [2.75, 3.05) is 27.2 Å². The van der Waals surface area contributed by atoms with Crippen molar-refractivity contribution >= 4 is 0 Å². The molecule has 0 amide bonds. The van der Waals surface area contributed by atoms with Gasteiger partial charge in [-0.2, -0.15) is 0 Å². The molecule has 2 N–H and O–H groups in total. The van der Waals surface area contributed by atoms with Crippen molar-refractivity contribution < 1.29 is 0 Å². The van der Waals surface area contributed by atoms with Gasteiger partial charge in [-0.25, -0.2) is 0 Å². The van der Waals surface area contributed by atoms with Crippen LogP contribution in [0.3, 0.4) is 0 Å². The first-order valence-corrected chi connectivity index (χ1v) is 4.01. The number of hydrogen-bond acceptors (Lipinski definition) is 2. The summed E-state index contributed by atoms with van der Waals surface area (Å²) < 4.78 is 0. The van der Waals surface area contributed by atoms with Crippen molar-refractivity contribution in [3.05, 3.63) is 0 Å². The molecule has 0 bridgehead atoms. The maximum atomic E-state index is 3.18. The fourth-order valence-corrected chi connectivity index (χ4v) is 1.05. The van der Waals surface area contributed by atoms with Crippen LogP contribution < -0.4 is 10.6 Å². The molecular formula is C8H20N2. The van der Waals surface area contributed by atoms with Crippen LogP contribution in [-0.2, 0) is 0 Å². The zero-order valence-electron chi connectivity index (χ0n) is 7.57. The molecule has 0 aromatic heterocycles. The van der Waals surface area contributed by atoms with Gasteiger partial charge in [0.2, 0.25) is 0 Å². The summed E-state index contributed by atoms with van der Waals surface area (Å²) in [4.78, 5) is 0. The summed E-state index contributed by atoms with van der Waals surface area (Å²) in [5, 5.41) is 6.36. The third-order valence-electron chi connectivity index (χ3n) is 2.02. The predicted molar refractivity (Wildman–Crippen MR) is 46.2 cm³/mol. The lowest BCUT2D eigenvalue weighted by Gasteiger charge is -2.18. The van der Waals surface area contributed by atoms with Crippen molar-refractivity contribution in [1.29, 1.82) is 0 Å². The first kappa shape index (κ1) is 9.92. The van der Waals surface area contributed by atoms with E-state index in [9.17, 15) is 0 Å². The highest BCUT2D eigenvalue weighted by molar-refractivity contribution is 4.64. The van der Waals surface area contributed by atoms with Gasteiger partial charge in [0.1, 0.15) is 0 Å². The molecule has 0 saturated heterocycles. The molecule has 0 heterocycles. The van der Waals surface area contributed by atoms with Crippen LogP contribution in [0.2, 0.25) is 0 Å². The molecular weight excluding hydrogens is 124 g/mol. The molecule has 0 radical (unpaired) electrons. The zero-order valence-corrected chi connectivity index (χ0v) is 7.57. The van der Waals surface area contributed by atoms with E-state index in [4.69, 9.17) is 0 Å². The van der Waals surface area contributed by atoms with Crippen molar-refractivity contribution in [2.24, 2.45) is 11.8 Å². The van der Waals surface area contributed by atoms with Crippen LogP contribution in [0.25, 0.3) is 0 Å². The van der Waals surface area contributed by atoms with Gasteiger partial charge in [0, 0.05) is 0 Å². The first-order chi connectivity index (χ1) is 4.72. The Balaban J connectivity index is 3.38. The van der Waals surface area contributed by atoms with Crippen LogP contribution in [0, 0.1) is 11.8 Å². The normalized spacial score (nSPS) is 16.8. The Morgan fingerprint density at radius 2 is 1.20 bits per heavy atom. The van der Waals surface area contributed by atoms with Crippen LogP contribution in [0.4, 0.5) is 0 Å². The lowest BCUT2D eigenvalue weighted by molar-refractivity contribution is 0.367. The topological polar surface area (TPSA) is 24.1 Å². The van der Waals surface area contributed by atoms with Gasteiger partial charge in [-0.05, 0) is 39.0 Å². The molecule has 0 aliphatic carbocycles.